The Kier molecular flexibility index (Phi) is 8.20. The van der Waals surface area contributed by atoms with Crippen LogP contribution in [0.5, 0.6) is 5.75 Å². The van der Waals surface area contributed by atoms with Gasteiger partial charge in [0.1, 0.15) is 5.75 Å². The molecule has 0 spiro atoms. The quantitative estimate of drug-likeness (QED) is 0.152. The van der Waals surface area contributed by atoms with E-state index in [1.54, 1.807) is 35.7 Å². The highest BCUT2D eigenvalue weighted by Crippen LogP contribution is 2.32. The number of aromatic nitrogens is 1. The fourth-order valence-corrected chi connectivity index (χ4v) is 5.05. The molecule has 1 saturated carbocycles. The van der Waals surface area contributed by atoms with Crippen LogP contribution in [-0.2, 0) is 13.1 Å². The summed E-state index contributed by atoms with van der Waals surface area (Å²) in [6, 6.07) is 19.0. The lowest BCUT2D eigenvalue weighted by Gasteiger charge is -2.23. The van der Waals surface area contributed by atoms with Crippen LogP contribution in [0, 0.1) is 16.0 Å². The second-order valence-electron chi connectivity index (χ2n) is 9.72. The number of rotatable bonds is 11. The molecule has 1 aromatic heterocycles. The number of thiazole rings is 1. The number of nitrogens with one attached hydrogen (secondary N) is 1. The van der Waals surface area contributed by atoms with Crippen molar-refractivity contribution in [3.05, 3.63) is 105 Å². The summed E-state index contributed by atoms with van der Waals surface area (Å²) in [5.74, 6) is 0.105. The third-order valence-corrected chi connectivity index (χ3v) is 7.36. The van der Waals surface area contributed by atoms with Gasteiger partial charge in [0.05, 0.1) is 10.6 Å². The molecule has 8 nitrogen and oxygen atoms in total. The van der Waals surface area contributed by atoms with E-state index in [-0.39, 0.29) is 23.9 Å². The maximum absolute atomic E-state index is 12.8. The minimum atomic E-state index is -4.81. The Morgan fingerprint density at radius 1 is 1.05 bits per heavy atom. The minimum Gasteiger partial charge on any atom is -0.406 e. The zero-order chi connectivity index (χ0) is 29.0. The van der Waals surface area contributed by atoms with Gasteiger partial charge in [0.25, 0.3) is 11.6 Å². The first-order valence-electron chi connectivity index (χ1n) is 12.8. The number of benzene rings is 3. The highest BCUT2D eigenvalue weighted by Gasteiger charge is 2.31. The van der Waals surface area contributed by atoms with E-state index >= 15 is 0 Å². The summed E-state index contributed by atoms with van der Waals surface area (Å²) >= 11 is 1.31. The van der Waals surface area contributed by atoms with Crippen LogP contribution in [0.25, 0.3) is 11.3 Å². The largest absolute Gasteiger partial charge is 0.573 e. The van der Waals surface area contributed by atoms with Gasteiger partial charge in [-0.3, -0.25) is 14.9 Å². The number of alkyl halides is 3. The number of non-ortho nitro benzene ring substituents is 1. The van der Waals surface area contributed by atoms with Crippen molar-refractivity contribution < 1.29 is 27.6 Å². The highest BCUT2D eigenvalue weighted by molar-refractivity contribution is 7.14. The first-order valence-corrected chi connectivity index (χ1v) is 13.7. The molecular weight excluding hydrogens is 557 g/mol. The molecule has 5 rings (SSSR count). The first-order chi connectivity index (χ1) is 19.6. The van der Waals surface area contributed by atoms with E-state index in [0.717, 1.165) is 18.4 Å². The van der Waals surface area contributed by atoms with Crippen molar-refractivity contribution in [1.82, 2.24) is 10.3 Å². The maximum atomic E-state index is 12.8. The Balaban J connectivity index is 1.39. The lowest BCUT2D eigenvalue weighted by Crippen LogP contribution is -2.25. The number of nitro groups is 1. The Bertz CT molecular complexity index is 1540. The average molecular weight is 583 g/mol. The normalized spacial score (nSPS) is 13.0. The lowest BCUT2D eigenvalue weighted by molar-refractivity contribution is -0.384. The van der Waals surface area contributed by atoms with Gasteiger partial charge in [-0.2, -0.15) is 0 Å². The fraction of sp³-hybridized carbons (Fsp3) is 0.241. The molecule has 1 amide bonds. The molecule has 3 aromatic carbocycles. The summed E-state index contributed by atoms with van der Waals surface area (Å²) in [6.07, 6.45) is -2.53. The number of anilines is 1. The Morgan fingerprint density at radius 3 is 2.49 bits per heavy atom. The van der Waals surface area contributed by atoms with Crippen molar-refractivity contribution in [1.29, 1.82) is 0 Å². The number of nitrogens with zero attached hydrogens (tertiary/aromatic N) is 3. The van der Waals surface area contributed by atoms with Crippen LogP contribution in [0.2, 0.25) is 0 Å². The summed E-state index contributed by atoms with van der Waals surface area (Å²) in [5, 5.41) is 16.5. The van der Waals surface area contributed by atoms with E-state index in [0.29, 0.717) is 46.5 Å². The molecule has 0 atom stereocenters. The molecule has 0 aliphatic heterocycles. The van der Waals surface area contributed by atoms with E-state index in [1.165, 1.54) is 41.7 Å². The molecule has 1 aliphatic rings. The van der Waals surface area contributed by atoms with Crippen molar-refractivity contribution in [3.63, 3.8) is 0 Å². The molecule has 4 aromatic rings. The number of carbonyl (C=O) groups is 1. The van der Waals surface area contributed by atoms with Crippen LogP contribution < -0.4 is 15.0 Å². The van der Waals surface area contributed by atoms with Crippen molar-refractivity contribution in [2.24, 2.45) is 5.92 Å². The summed E-state index contributed by atoms with van der Waals surface area (Å²) in [7, 11) is 0. The van der Waals surface area contributed by atoms with Gasteiger partial charge in [0.15, 0.2) is 5.13 Å². The van der Waals surface area contributed by atoms with E-state index in [4.69, 9.17) is 4.98 Å². The number of halogens is 3. The van der Waals surface area contributed by atoms with Crippen LogP contribution >= 0.6 is 11.3 Å². The van der Waals surface area contributed by atoms with Gasteiger partial charge in [-0.1, -0.05) is 36.4 Å². The third-order valence-electron chi connectivity index (χ3n) is 6.46. The SMILES string of the molecule is O=C(NCC1CC1)c1ccc(CN(Cc2cccc(OC(F)(F)F)c2)c2nc(-c3cccc([N+](=O)[O-])c3)cs2)cc1. The number of amides is 1. The molecule has 12 heteroatoms. The molecule has 212 valence electrons. The molecule has 1 aliphatic carbocycles. The molecular formula is C29H25F3N4O4S. The number of nitro benzene ring substituents is 1. The van der Waals surface area contributed by atoms with Gasteiger partial charge in [-0.05, 0) is 54.2 Å². The van der Waals surface area contributed by atoms with Gasteiger partial charge in [-0.15, -0.1) is 24.5 Å². The van der Waals surface area contributed by atoms with Gasteiger partial charge in [-0.25, -0.2) is 4.98 Å². The van der Waals surface area contributed by atoms with E-state index in [9.17, 15) is 28.1 Å². The second kappa shape index (κ2) is 12.0. The van der Waals surface area contributed by atoms with Gasteiger partial charge < -0.3 is 15.0 Å². The molecule has 0 bridgehead atoms. The van der Waals surface area contributed by atoms with Crippen molar-refractivity contribution in [2.75, 3.05) is 11.4 Å². The minimum absolute atomic E-state index is 0.0587. The number of hydrogen-bond acceptors (Lipinski definition) is 7. The molecule has 1 heterocycles. The molecule has 41 heavy (non-hydrogen) atoms. The van der Waals surface area contributed by atoms with Crippen LogP contribution in [0.1, 0.15) is 34.3 Å². The van der Waals surface area contributed by atoms with E-state index in [2.05, 4.69) is 10.1 Å². The van der Waals surface area contributed by atoms with Gasteiger partial charge >= 0.3 is 6.36 Å². The highest BCUT2D eigenvalue weighted by atomic mass is 32.1. The van der Waals surface area contributed by atoms with E-state index < -0.39 is 11.3 Å². The van der Waals surface area contributed by atoms with Crippen LogP contribution in [0.3, 0.4) is 0 Å². The fourth-order valence-electron chi connectivity index (χ4n) is 4.22. The second-order valence-corrected chi connectivity index (χ2v) is 10.6. The summed E-state index contributed by atoms with van der Waals surface area (Å²) in [4.78, 5) is 29.8. The van der Waals surface area contributed by atoms with Crippen LogP contribution in [-0.4, -0.2) is 28.7 Å². The Labute approximate surface area is 237 Å². The van der Waals surface area contributed by atoms with Gasteiger partial charge in [0.2, 0.25) is 0 Å². The predicted octanol–water partition coefficient (Wildman–Crippen LogP) is 6.96. The molecule has 0 radical (unpaired) electrons. The molecule has 0 unspecified atom stereocenters. The number of hydrogen-bond donors (Lipinski definition) is 1. The van der Waals surface area contributed by atoms with E-state index in [1.807, 2.05) is 17.0 Å². The standard InChI is InChI=1S/C29H25F3N4O4S/c30-29(31,32)40-25-6-1-3-21(13-25)17-35(16-20-9-11-22(12-10-20)27(37)33-15-19-7-8-19)28-34-26(18-41-28)23-4-2-5-24(14-23)36(38)39/h1-6,9-14,18-19H,7-8,15-17H2,(H,33,37). The molecule has 0 saturated heterocycles. The average Bonchev–Trinajstić information content (AvgIpc) is 3.64. The maximum Gasteiger partial charge on any atom is 0.573 e. The number of ether oxygens (including phenoxy) is 1. The number of carbonyl (C=O) groups excluding carboxylic acids is 1. The van der Waals surface area contributed by atoms with Crippen molar-refractivity contribution >= 4 is 28.1 Å². The predicted molar refractivity (Wildman–Crippen MR) is 149 cm³/mol. The Morgan fingerprint density at radius 2 is 1.78 bits per heavy atom. The lowest BCUT2D eigenvalue weighted by atomic mass is 10.1. The molecule has 1 fully saturated rings. The zero-order valence-electron chi connectivity index (χ0n) is 21.6. The van der Waals surface area contributed by atoms with Crippen molar-refractivity contribution in [2.45, 2.75) is 32.3 Å². The van der Waals surface area contributed by atoms with Crippen LogP contribution in [0.15, 0.2) is 78.2 Å². The third kappa shape index (κ3) is 7.82. The van der Waals surface area contributed by atoms with Gasteiger partial charge in [0, 0.05) is 48.3 Å². The monoisotopic (exact) mass is 582 g/mol. The van der Waals surface area contributed by atoms with Crippen LogP contribution in [0.4, 0.5) is 24.0 Å². The smallest absolute Gasteiger partial charge is 0.406 e. The summed E-state index contributed by atoms with van der Waals surface area (Å²) in [5.41, 5.74) is 3.02. The summed E-state index contributed by atoms with van der Waals surface area (Å²) in [6.45, 7) is 1.22. The first kappa shape index (κ1) is 28.1. The molecule has 1 N–H and O–H groups in total. The zero-order valence-corrected chi connectivity index (χ0v) is 22.5. The Hall–Kier alpha value is -4.45. The summed E-state index contributed by atoms with van der Waals surface area (Å²) < 4.78 is 42.5. The van der Waals surface area contributed by atoms with Crippen molar-refractivity contribution in [3.8, 4) is 17.0 Å². The topological polar surface area (TPSA) is 97.6 Å².